The highest BCUT2D eigenvalue weighted by molar-refractivity contribution is 5.86. The molecule has 0 fully saturated rings. The van der Waals surface area contributed by atoms with Crippen LogP contribution in [0.1, 0.15) is 5.69 Å². The third kappa shape index (κ3) is 3.84. The van der Waals surface area contributed by atoms with Crippen molar-refractivity contribution in [3.05, 3.63) is 121 Å². The van der Waals surface area contributed by atoms with E-state index in [0.717, 1.165) is 50.7 Å². The van der Waals surface area contributed by atoms with Crippen molar-refractivity contribution >= 4 is 0 Å². The van der Waals surface area contributed by atoms with Gasteiger partial charge in [-0.1, -0.05) is 91.0 Å². The Morgan fingerprint density at radius 1 is 0.583 bits per heavy atom. The van der Waals surface area contributed by atoms with Gasteiger partial charge in [-0.2, -0.15) is 0 Å². The Bertz CT molecular complexity index is 1570. The van der Waals surface area contributed by atoms with E-state index in [9.17, 15) is 0 Å². The molecule has 0 bridgehead atoms. The number of aryl methyl sites for hydroxylation is 1. The third-order valence-corrected chi connectivity index (χ3v) is 6.13. The second kappa shape index (κ2) is 9.35. The van der Waals surface area contributed by atoms with Crippen LogP contribution >= 0.6 is 0 Å². The summed E-state index contributed by atoms with van der Waals surface area (Å²) in [5, 5.41) is 9.35. The molecule has 0 amide bonds. The molecule has 0 saturated carbocycles. The zero-order chi connectivity index (χ0) is 24.3. The summed E-state index contributed by atoms with van der Waals surface area (Å²) in [5.74, 6) is 1.38. The van der Waals surface area contributed by atoms with Crippen molar-refractivity contribution in [3.63, 3.8) is 0 Å². The molecule has 0 aliphatic carbocycles. The number of nitrogens with zero attached hydrogens (tertiary/aromatic N) is 6. The lowest BCUT2D eigenvalue weighted by molar-refractivity contribution is 1.03. The van der Waals surface area contributed by atoms with E-state index in [1.165, 1.54) is 0 Å². The second-order valence-corrected chi connectivity index (χ2v) is 8.36. The molecule has 3 aromatic carbocycles. The summed E-state index contributed by atoms with van der Waals surface area (Å²) in [5.41, 5.74) is 7.43. The van der Waals surface area contributed by atoms with Gasteiger partial charge in [0, 0.05) is 29.1 Å². The van der Waals surface area contributed by atoms with Gasteiger partial charge in [-0.3, -0.25) is 9.55 Å². The Morgan fingerprint density at radius 2 is 1.19 bits per heavy atom. The second-order valence-electron chi connectivity index (χ2n) is 8.36. The minimum Gasteiger partial charge on any atom is -0.272 e. The zero-order valence-corrected chi connectivity index (χ0v) is 19.7. The van der Waals surface area contributed by atoms with E-state index >= 15 is 0 Å². The molecule has 36 heavy (non-hydrogen) atoms. The van der Waals surface area contributed by atoms with Gasteiger partial charge < -0.3 is 0 Å². The first-order chi connectivity index (χ1) is 17.8. The van der Waals surface area contributed by atoms with Crippen molar-refractivity contribution in [2.45, 2.75) is 6.92 Å². The maximum absolute atomic E-state index is 4.88. The van der Waals surface area contributed by atoms with Crippen LogP contribution in [0.5, 0.6) is 0 Å². The van der Waals surface area contributed by atoms with E-state index in [0.29, 0.717) is 5.82 Å². The summed E-state index contributed by atoms with van der Waals surface area (Å²) in [7, 11) is 0. The minimum absolute atomic E-state index is 0.661. The first-order valence-electron chi connectivity index (χ1n) is 11.7. The number of rotatable bonds is 5. The minimum atomic E-state index is 0.661. The van der Waals surface area contributed by atoms with Crippen LogP contribution in [0.4, 0.5) is 0 Å². The molecule has 3 heterocycles. The van der Waals surface area contributed by atoms with Crippen molar-refractivity contribution in [1.82, 2.24) is 29.7 Å². The first-order valence-corrected chi connectivity index (χ1v) is 11.7. The fourth-order valence-electron chi connectivity index (χ4n) is 4.39. The number of hydrogen-bond acceptors (Lipinski definition) is 5. The van der Waals surface area contributed by atoms with Gasteiger partial charge in [-0.25, -0.2) is 9.97 Å². The Balaban J connectivity index is 1.75. The average Bonchev–Trinajstić information content (AvgIpc) is 3.39. The van der Waals surface area contributed by atoms with Crippen molar-refractivity contribution < 1.29 is 0 Å². The van der Waals surface area contributed by atoms with E-state index in [1.54, 1.807) is 12.5 Å². The molecule has 0 aliphatic heterocycles. The summed E-state index contributed by atoms with van der Waals surface area (Å²) in [6.45, 7) is 1.96. The summed E-state index contributed by atoms with van der Waals surface area (Å²) in [6, 6.07) is 32.7. The van der Waals surface area contributed by atoms with Gasteiger partial charge in [0.15, 0.2) is 11.6 Å². The van der Waals surface area contributed by atoms with E-state index in [1.807, 2.05) is 85.9 Å². The average molecular weight is 467 g/mol. The van der Waals surface area contributed by atoms with Crippen LogP contribution in [-0.2, 0) is 0 Å². The maximum Gasteiger partial charge on any atom is 0.172 e. The largest absolute Gasteiger partial charge is 0.272 e. The summed E-state index contributed by atoms with van der Waals surface area (Å²) in [4.78, 5) is 13.6. The highest BCUT2D eigenvalue weighted by Gasteiger charge is 2.25. The molecule has 0 saturated heterocycles. The molecule has 0 aliphatic rings. The smallest absolute Gasteiger partial charge is 0.172 e. The molecule has 6 heteroatoms. The molecule has 0 atom stereocenters. The SMILES string of the molecule is Cc1ncncc1-c1nnc(-c2ccccc2)n1-c1c(-c2ccccc2)ccnc1-c1ccccc1. The van der Waals surface area contributed by atoms with Crippen molar-refractivity contribution in [2.75, 3.05) is 0 Å². The molecule has 0 N–H and O–H groups in total. The number of pyridine rings is 1. The standard InChI is InChI=1S/C30H22N6/c1-21-26(19-31-20-33-21)30-35-34-29(24-15-9-4-10-16-24)36(30)28-25(22-11-5-2-6-12-22)17-18-32-27(28)23-13-7-3-8-14-23/h2-20H,1H3. The van der Waals surface area contributed by atoms with Gasteiger partial charge in [0.2, 0.25) is 0 Å². The zero-order valence-electron chi connectivity index (χ0n) is 19.7. The fraction of sp³-hybridized carbons (Fsp3) is 0.0333. The summed E-state index contributed by atoms with van der Waals surface area (Å²) < 4.78 is 2.10. The molecule has 0 unspecified atom stereocenters. The van der Waals surface area contributed by atoms with Crippen molar-refractivity contribution in [1.29, 1.82) is 0 Å². The fourth-order valence-corrected chi connectivity index (χ4v) is 4.39. The van der Waals surface area contributed by atoms with E-state index in [-0.39, 0.29) is 0 Å². The number of hydrogen-bond donors (Lipinski definition) is 0. The summed E-state index contributed by atoms with van der Waals surface area (Å²) in [6.07, 6.45) is 5.20. The molecule has 6 nitrogen and oxygen atoms in total. The lowest BCUT2D eigenvalue weighted by Crippen LogP contribution is -2.07. The van der Waals surface area contributed by atoms with Gasteiger partial charge in [0.05, 0.1) is 22.6 Å². The van der Waals surface area contributed by atoms with Crippen molar-refractivity contribution in [3.8, 4) is 50.8 Å². The Hall–Kier alpha value is -4.97. The van der Waals surface area contributed by atoms with Crippen LogP contribution in [0.25, 0.3) is 50.8 Å². The van der Waals surface area contributed by atoms with Crippen LogP contribution < -0.4 is 0 Å². The molecule has 0 radical (unpaired) electrons. The molecule has 6 rings (SSSR count). The van der Waals surface area contributed by atoms with Gasteiger partial charge >= 0.3 is 0 Å². The normalized spacial score (nSPS) is 10.9. The molecule has 6 aromatic rings. The maximum atomic E-state index is 4.88. The van der Waals surface area contributed by atoms with Crippen LogP contribution in [0, 0.1) is 6.92 Å². The van der Waals surface area contributed by atoms with Crippen LogP contribution in [0.15, 0.2) is 116 Å². The predicted molar refractivity (Wildman–Crippen MR) is 141 cm³/mol. The lowest BCUT2D eigenvalue weighted by atomic mass is 9.99. The van der Waals surface area contributed by atoms with Crippen LogP contribution in [0.3, 0.4) is 0 Å². The Kier molecular flexibility index (Phi) is 5.60. The molecule has 172 valence electrons. The highest BCUT2D eigenvalue weighted by Crippen LogP contribution is 2.39. The van der Waals surface area contributed by atoms with Gasteiger partial charge in [0.1, 0.15) is 6.33 Å². The first kappa shape index (κ1) is 21.6. The number of benzene rings is 3. The number of aromatic nitrogens is 6. The van der Waals surface area contributed by atoms with Crippen molar-refractivity contribution in [2.24, 2.45) is 0 Å². The third-order valence-electron chi connectivity index (χ3n) is 6.13. The lowest BCUT2D eigenvalue weighted by Gasteiger charge is -2.19. The summed E-state index contributed by atoms with van der Waals surface area (Å²) >= 11 is 0. The van der Waals surface area contributed by atoms with E-state index in [2.05, 4.69) is 49.0 Å². The van der Waals surface area contributed by atoms with Crippen LogP contribution in [-0.4, -0.2) is 29.7 Å². The quantitative estimate of drug-likeness (QED) is 0.293. The van der Waals surface area contributed by atoms with Gasteiger partial charge in [-0.05, 0) is 18.6 Å². The van der Waals surface area contributed by atoms with Gasteiger partial charge in [0.25, 0.3) is 0 Å². The van der Waals surface area contributed by atoms with Gasteiger partial charge in [-0.15, -0.1) is 10.2 Å². The van der Waals surface area contributed by atoms with E-state index < -0.39 is 0 Å². The molecular weight excluding hydrogens is 444 g/mol. The Morgan fingerprint density at radius 3 is 1.86 bits per heavy atom. The van der Waals surface area contributed by atoms with E-state index in [4.69, 9.17) is 4.98 Å². The molecule has 0 spiro atoms. The highest BCUT2D eigenvalue weighted by atomic mass is 15.3. The topological polar surface area (TPSA) is 69.4 Å². The Labute approximate surface area is 209 Å². The monoisotopic (exact) mass is 466 g/mol. The predicted octanol–water partition coefficient (Wildman–Crippen LogP) is 6.43. The molecule has 3 aromatic heterocycles. The van der Waals surface area contributed by atoms with Crippen LogP contribution in [0.2, 0.25) is 0 Å². The molecular formula is C30H22N6.